The second kappa shape index (κ2) is 5.18. The lowest BCUT2D eigenvalue weighted by Gasteiger charge is -2.10. The van der Waals surface area contributed by atoms with Gasteiger partial charge in [0.05, 0.1) is 0 Å². The van der Waals surface area contributed by atoms with Gasteiger partial charge in [-0.2, -0.15) is 0 Å². The molecule has 0 spiro atoms. The highest BCUT2D eigenvalue weighted by atomic mass is 79.9. The summed E-state index contributed by atoms with van der Waals surface area (Å²) in [6.45, 7) is 1.85. The van der Waals surface area contributed by atoms with E-state index in [-0.39, 0.29) is 5.56 Å². The fourth-order valence-electron chi connectivity index (χ4n) is 1.45. The molecule has 0 fully saturated rings. The van der Waals surface area contributed by atoms with Gasteiger partial charge in [-0.3, -0.25) is 4.98 Å². The Balaban J connectivity index is 2.41. The minimum absolute atomic E-state index is 0.112. The van der Waals surface area contributed by atoms with E-state index in [4.69, 9.17) is 9.84 Å². The largest absolute Gasteiger partial charge is 0.478 e. The summed E-state index contributed by atoms with van der Waals surface area (Å²) in [6.07, 6.45) is 3.26. The van der Waals surface area contributed by atoms with Gasteiger partial charge in [-0.15, -0.1) is 0 Å². The molecule has 5 heteroatoms. The molecule has 18 heavy (non-hydrogen) atoms. The van der Waals surface area contributed by atoms with Gasteiger partial charge >= 0.3 is 5.97 Å². The molecule has 0 radical (unpaired) electrons. The Labute approximate surface area is 112 Å². The van der Waals surface area contributed by atoms with Crippen molar-refractivity contribution in [3.63, 3.8) is 0 Å². The number of carboxylic acids is 1. The SMILES string of the molecule is Cc1cnccc1Oc1ccc(Br)cc1C(=O)O. The van der Waals surface area contributed by atoms with Crippen molar-refractivity contribution in [2.45, 2.75) is 6.92 Å². The Bertz CT molecular complexity index is 599. The number of carbonyl (C=O) groups is 1. The maximum Gasteiger partial charge on any atom is 0.339 e. The lowest BCUT2D eigenvalue weighted by atomic mass is 10.2. The van der Waals surface area contributed by atoms with E-state index in [2.05, 4.69) is 20.9 Å². The normalized spacial score (nSPS) is 10.1. The number of rotatable bonds is 3. The third-order valence-electron chi connectivity index (χ3n) is 2.36. The minimum Gasteiger partial charge on any atom is -0.478 e. The third kappa shape index (κ3) is 2.68. The zero-order valence-corrected chi connectivity index (χ0v) is 11.1. The van der Waals surface area contributed by atoms with Crippen LogP contribution in [0.4, 0.5) is 0 Å². The van der Waals surface area contributed by atoms with Crippen molar-refractivity contribution in [1.29, 1.82) is 0 Å². The first-order chi connectivity index (χ1) is 8.58. The standard InChI is InChI=1S/C13H10BrNO3/c1-8-7-15-5-4-11(8)18-12-3-2-9(14)6-10(12)13(16)17/h2-7H,1H3,(H,16,17). The number of halogens is 1. The number of aromatic nitrogens is 1. The van der Waals surface area contributed by atoms with Crippen LogP contribution in [0.2, 0.25) is 0 Å². The summed E-state index contributed by atoms with van der Waals surface area (Å²) in [5.74, 6) is -0.132. The number of hydrogen-bond donors (Lipinski definition) is 1. The van der Waals surface area contributed by atoms with E-state index in [0.717, 1.165) is 5.56 Å². The predicted octanol–water partition coefficient (Wildman–Crippen LogP) is 3.64. The lowest BCUT2D eigenvalue weighted by Crippen LogP contribution is -2.00. The summed E-state index contributed by atoms with van der Waals surface area (Å²) in [5, 5.41) is 9.12. The molecule has 0 saturated carbocycles. The van der Waals surface area contributed by atoms with Crippen LogP contribution in [0.5, 0.6) is 11.5 Å². The maximum absolute atomic E-state index is 11.1. The Morgan fingerprint density at radius 3 is 2.78 bits per heavy atom. The maximum atomic E-state index is 11.1. The van der Waals surface area contributed by atoms with Crippen molar-refractivity contribution < 1.29 is 14.6 Å². The van der Waals surface area contributed by atoms with E-state index in [1.54, 1.807) is 30.6 Å². The highest BCUT2D eigenvalue weighted by Crippen LogP contribution is 2.29. The van der Waals surface area contributed by atoms with Crippen LogP contribution in [0.1, 0.15) is 15.9 Å². The first kappa shape index (κ1) is 12.6. The van der Waals surface area contributed by atoms with Crippen LogP contribution in [-0.4, -0.2) is 16.1 Å². The number of ether oxygens (including phenoxy) is 1. The third-order valence-corrected chi connectivity index (χ3v) is 2.85. The van der Waals surface area contributed by atoms with Gasteiger partial charge in [-0.25, -0.2) is 4.79 Å². The molecule has 1 N–H and O–H groups in total. The number of carboxylic acid groups (broad SMARTS) is 1. The van der Waals surface area contributed by atoms with Crippen LogP contribution >= 0.6 is 15.9 Å². The molecule has 0 aliphatic heterocycles. The number of nitrogens with zero attached hydrogens (tertiary/aromatic N) is 1. The van der Waals surface area contributed by atoms with Crippen molar-refractivity contribution in [2.75, 3.05) is 0 Å². The minimum atomic E-state index is -1.03. The van der Waals surface area contributed by atoms with E-state index in [1.165, 1.54) is 6.07 Å². The van der Waals surface area contributed by atoms with E-state index in [9.17, 15) is 4.79 Å². The van der Waals surface area contributed by atoms with Crippen molar-refractivity contribution in [2.24, 2.45) is 0 Å². The molecule has 2 aromatic rings. The molecule has 0 bridgehead atoms. The number of benzene rings is 1. The van der Waals surface area contributed by atoms with Crippen LogP contribution in [0.3, 0.4) is 0 Å². The van der Waals surface area contributed by atoms with Gasteiger partial charge in [0.1, 0.15) is 17.1 Å². The van der Waals surface area contributed by atoms with Gasteiger partial charge in [-0.05, 0) is 31.2 Å². The summed E-state index contributed by atoms with van der Waals surface area (Å²) < 4.78 is 6.31. The van der Waals surface area contributed by atoms with E-state index >= 15 is 0 Å². The summed E-state index contributed by atoms with van der Waals surface area (Å²) >= 11 is 3.24. The monoisotopic (exact) mass is 307 g/mol. The van der Waals surface area contributed by atoms with Gasteiger partial charge < -0.3 is 9.84 Å². The van der Waals surface area contributed by atoms with Crippen LogP contribution in [0.25, 0.3) is 0 Å². The van der Waals surface area contributed by atoms with Gasteiger partial charge in [-0.1, -0.05) is 15.9 Å². The molecule has 0 amide bonds. The van der Waals surface area contributed by atoms with Crippen LogP contribution < -0.4 is 4.74 Å². The van der Waals surface area contributed by atoms with E-state index in [1.807, 2.05) is 6.92 Å². The zero-order chi connectivity index (χ0) is 13.1. The molecule has 0 aliphatic carbocycles. The average Bonchev–Trinajstić information content (AvgIpc) is 2.34. The first-order valence-corrected chi connectivity index (χ1v) is 5.98. The summed E-state index contributed by atoms with van der Waals surface area (Å²) in [5.41, 5.74) is 0.956. The lowest BCUT2D eigenvalue weighted by molar-refractivity contribution is 0.0694. The Morgan fingerprint density at radius 2 is 2.11 bits per heavy atom. The molecule has 0 saturated heterocycles. The molecule has 4 nitrogen and oxygen atoms in total. The predicted molar refractivity (Wildman–Crippen MR) is 70.1 cm³/mol. The van der Waals surface area contributed by atoms with E-state index in [0.29, 0.717) is 16.0 Å². The second-order valence-corrected chi connectivity index (χ2v) is 4.60. The van der Waals surface area contributed by atoms with Crippen LogP contribution in [-0.2, 0) is 0 Å². The summed E-state index contributed by atoms with van der Waals surface area (Å²) in [7, 11) is 0. The first-order valence-electron chi connectivity index (χ1n) is 5.19. The number of aromatic carboxylic acids is 1. The van der Waals surface area contributed by atoms with Crippen molar-refractivity contribution in [3.8, 4) is 11.5 Å². The summed E-state index contributed by atoms with van der Waals surface area (Å²) in [6, 6.07) is 6.56. The molecular weight excluding hydrogens is 298 g/mol. The van der Waals surface area contributed by atoms with E-state index < -0.39 is 5.97 Å². The quantitative estimate of drug-likeness (QED) is 0.940. The highest BCUT2D eigenvalue weighted by molar-refractivity contribution is 9.10. The molecule has 92 valence electrons. The molecule has 0 aliphatic rings. The Morgan fingerprint density at radius 1 is 1.33 bits per heavy atom. The van der Waals surface area contributed by atoms with Crippen LogP contribution in [0.15, 0.2) is 41.1 Å². The second-order valence-electron chi connectivity index (χ2n) is 3.69. The zero-order valence-electron chi connectivity index (χ0n) is 9.55. The average molecular weight is 308 g/mol. The Kier molecular flexibility index (Phi) is 3.62. The molecule has 1 aromatic heterocycles. The number of aryl methyl sites for hydroxylation is 1. The van der Waals surface area contributed by atoms with Crippen molar-refractivity contribution >= 4 is 21.9 Å². The van der Waals surface area contributed by atoms with Gasteiger partial charge in [0.15, 0.2) is 0 Å². The number of hydrogen-bond acceptors (Lipinski definition) is 3. The summed E-state index contributed by atoms with van der Waals surface area (Å²) in [4.78, 5) is 15.1. The van der Waals surface area contributed by atoms with Crippen molar-refractivity contribution in [3.05, 3.63) is 52.3 Å². The fraction of sp³-hybridized carbons (Fsp3) is 0.0769. The smallest absolute Gasteiger partial charge is 0.339 e. The van der Waals surface area contributed by atoms with Gasteiger partial charge in [0.2, 0.25) is 0 Å². The highest BCUT2D eigenvalue weighted by Gasteiger charge is 2.13. The van der Waals surface area contributed by atoms with Crippen molar-refractivity contribution in [1.82, 2.24) is 4.98 Å². The molecule has 2 rings (SSSR count). The molecular formula is C13H10BrNO3. The van der Waals surface area contributed by atoms with Crippen LogP contribution in [0, 0.1) is 6.92 Å². The Hall–Kier alpha value is -1.88. The fourth-order valence-corrected chi connectivity index (χ4v) is 1.81. The number of pyridine rings is 1. The molecule has 0 unspecified atom stereocenters. The topological polar surface area (TPSA) is 59.4 Å². The molecule has 0 atom stereocenters. The van der Waals surface area contributed by atoms with Gasteiger partial charge in [0, 0.05) is 22.4 Å². The van der Waals surface area contributed by atoms with Gasteiger partial charge in [0.25, 0.3) is 0 Å². The molecule has 1 heterocycles. The molecule has 1 aromatic carbocycles.